The summed E-state index contributed by atoms with van der Waals surface area (Å²) < 4.78 is 7.71. The maximum atomic E-state index is 7.71. The molecule has 0 amide bonds. The van der Waals surface area contributed by atoms with Gasteiger partial charge in [0, 0.05) is 0 Å². The molecular weight excluding hydrogens is 88.1 g/mol. The fraction of sp³-hybridized carbons (Fsp3) is 0. The highest BCUT2D eigenvalue weighted by atomic mass is 32.2. The Labute approximate surface area is 33.9 Å². The molecule has 0 aliphatic rings. The molecule has 5 heavy (non-hydrogen) atoms. The monoisotopic (exact) mass is 92.0 g/mol. The van der Waals surface area contributed by atoms with Crippen LogP contribution in [0, 0.1) is 5.41 Å². The molecule has 0 rings (SSSR count). The Balaban J connectivity index is 2.85. The standard InChI is InChI=1S/CH4N2OS/c2-1(3)5-4/h4H,(H3,2,3). The maximum absolute atomic E-state index is 7.71. The van der Waals surface area contributed by atoms with Crippen molar-refractivity contribution in [2.24, 2.45) is 5.73 Å². The number of nitrogens with two attached hydrogens (primary N) is 1. The van der Waals surface area contributed by atoms with Gasteiger partial charge in [0.25, 0.3) is 0 Å². The van der Waals surface area contributed by atoms with Gasteiger partial charge in [-0.1, -0.05) is 0 Å². The third-order valence-electron chi connectivity index (χ3n) is 0.0983. The van der Waals surface area contributed by atoms with Gasteiger partial charge in [-0.3, -0.25) is 5.41 Å². The van der Waals surface area contributed by atoms with E-state index >= 15 is 0 Å². The minimum absolute atomic E-state index is 0.241. The van der Waals surface area contributed by atoms with Gasteiger partial charge in [0.15, 0.2) is 5.17 Å². The SMILES string of the molecule is N=C(N)SO. The number of hydrogen-bond acceptors (Lipinski definition) is 3. The highest BCUT2D eigenvalue weighted by Crippen LogP contribution is 1.81. The summed E-state index contributed by atoms with van der Waals surface area (Å²) >= 11 is 0.241. The van der Waals surface area contributed by atoms with Gasteiger partial charge >= 0.3 is 0 Å². The molecule has 0 atom stereocenters. The van der Waals surface area contributed by atoms with Crippen molar-refractivity contribution in [1.29, 1.82) is 5.41 Å². The van der Waals surface area contributed by atoms with E-state index in [0.29, 0.717) is 0 Å². The average molecular weight is 92.1 g/mol. The van der Waals surface area contributed by atoms with E-state index < -0.39 is 0 Å². The highest BCUT2D eigenvalue weighted by molar-refractivity contribution is 8.08. The van der Waals surface area contributed by atoms with E-state index in [2.05, 4.69) is 5.73 Å². The smallest absolute Gasteiger partial charge is 0.178 e. The molecule has 0 aliphatic carbocycles. The Hall–Kier alpha value is -0.220. The molecule has 3 nitrogen and oxygen atoms in total. The van der Waals surface area contributed by atoms with Gasteiger partial charge in [0.1, 0.15) is 0 Å². The van der Waals surface area contributed by atoms with Crippen LogP contribution < -0.4 is 5.73 Å². The Morgan fingerprint density at radius 3 is 2.20 bits per heavy atom. The largest absolute Gasteiger partial charge is 0.377 e. The van der Waals surface area contributed by atoms with E-state index in [1.165, 1.54) is 0 Å². The lowest BCUT2D eigenvalue weighted by Gasteiger charge is -1.76. The first-order valence-electron chi connectivity index (χ1n) is 0.925. The van der Waals surface area contributed by atoms with Crippen molar-refractivity contribution in [3.8, 4) is 0 Å². The predicted molar refractivity (Wildman–Crippen MR) is 22.1 cm³/mol. The van der Waals surface area contributed by atoms with Crippen molar-refractivity contribution in [3.63, 3.8) is 0 Å². The second-order valence-electron chi connectivity index (χ2n) is 0.456. The molecule has 0 bridgehead atoms. The zero-order valence-electron chi connectivity index (χ0n) is 2.43. The summed E-state index contributed by atoms with van der Waals surface area (Å²) in [4.78, 5) is 0. The normalized spacial score (nSPS) is 7.40. The molecule has 0 unspecified atom stereocenters. The topological polar surface area (TPSA) is 70.1 Å². The van der Waals surface area contributed by atoms with Gasteiger partial charge in [0.2, 0.25) is 0 Å². The van der Waals surface area contributed by atoms with Crippen LogP contribution in [0.25, 0.3) is 0 Å². The molecule has 0 aromatic carbocycles. The van der Waals surface area contributed by atoms with E-state index in [-0.39, 0.29) is 17.2 Å². The highest BCUT2D eigenvalue weighted by Gasteiger charge is 1.74. The predicted octanol–water partition coefficient (Wildman–Crippen LogP) is 0.0861. The molecule has 0 heterocycles. The quantitative estimate of drug-likeness (QED) is 0.225. The van der Waals surface area contributed by atoms with Crippen LogP contribution in [0.2, 0.25) is 0 Å². The molecule has 0 spiro atoms. The van der Waals surface area contributed by atoms with Crippen molar-refractivity contribution in [2.45, 2.75) is 0 Å². The number of rotatable bonds is 0. The van der Waals surface area contributed by atoms with Gasteiger partial charge in [-0.15, -0.1) is 0 Å². The fourth-order valence-corrected chi connectivity index (χ4v) is 0. The zero-order valence-corrected chi connectivity index (χ0v) is 3.25. The summed E-state index contributed by atoms with van der Waals surface area (Å²) in [5.74, 6) is 0. The average Bonchev–Trinajstić information content (AvgIpc) is 1.38. The number of hydrogen-bond donors (Lipinski definition) is 3. The van der Waals surface area contributed by atoms with Crippen LogP contribution in [0.1, 0.15) is 0 Å². The molecule has 0 aromatic rings. The van der Waals surface area contributed by atoms with Crippen LogP contribution in [-0.2, 0) is 0 Å². The summed E-state index contributed by atoms with van der Waals surface area (Å²) in [5, 5.41) is 5.96. The van der Waals surface area contributed by atoms with Crippen LogP contribution in [0.3, 0.4) is 0 Å². The molecule has 0 aliphatic heterocycles. The third-order valence-corrected chi connectivity index (χ3v) is 0.295. The Morgan fingerprint density at radius 2 is 2.20 bits per heavy atom. The van der Waals surface area contributed by atoms with Gasteiger partial charge in [0.05, 0.1) is 12.0 Å². The van der Waals surface area contributed by atoms with Gasteiger partial charge in [-0.2, -0.15) is 0 Å². The Bertz CT molecular complexity index is 44.9. The van der Waals surface area contributed by atoms with Crippen LogP contribution in [0.15, 0.2) is 0 Å². The molecule has 4 heteroatoms. The lowest BCUT2D eigenvalue weighted by molar-refractivity contribution is 0.673. The van der Waals surface area contributed by atoms with Crippen LogP contribution >= 0.6 is 12.0 Å². The Morgan fingerprint density at radius 1 is 2.00 bits per heavy atom. The van der Waals surface area contributed by atoms with E-state index in [0.717, 1.165) is 0 Å². The summed E-state index contributed by atoms with van der Waals surface area (Å²) in [6.45, 7) is 0. The van der Waals surface area contributed by atoms with Crippen molar-refractivity contribution < 1.29 is 4.55 Å². The molecule has 4 N–H and O–H groups in total. The van der Waals surface area contributed by atoms with E-state index in [9.17, 15) is 0 Å². The van der Waals surface area contributed by atoms with Gasteiger partial charge in [-0.25, -0.2) is 0 Å². The summed E-state index contributed by atoms with van der Waals surface area (Å²) in [7, 11) is 0. The van der Waals surface area contributed by atoms with Crippen LogP contribution in [0.5, 0.6) is 0 Å². The fourth-order valence-electron chi connectivity index (χ4n) is 0. The lowest BCUT2D eigenvalue weighted by Crippen LogP contribution is -2.01. The van der Waals surface area contributed by atoms with E-state index in [1.54, 1.807) is 0 Å². The van der Waals surface area contributed by atoms with Crippen molar-refractivity contribution in [2.75, 3.05) is 0 Å². The van der Waals surface area contributed by atoms with Crippen LogP contribution in [-0.4, -0.2) is 9.72 Å². The molecule has 0 saturated carbocycles. The summed E-state index contributed by atoms with van der Waals surface area (Å²) in [6, 6.07) is 0. The minimum Gasteiger partial charge on any atom is -0.377 e. The lowest BCUT2D eigenvalue weighted by atomic mass is 11.4. The van der Waals surface area contributed by atoms with Crippen LogP contribution in [0.4, 0.5) is 0 Å². The first-order valence-corrected chi connectivity index (χ1v) is 1.70. The molecule has 30 valence electrons. The van der Waals surface area contributed by atoms with E-state index in [4.69, 9.17) is 9.96 Å². The first-order chi connectivity index (χ1) is 2.27. The molecule has 0 aromatic heterocycles. The second kappa shape index (κ2) is 2.04. The first kappa shape index (κ1) is 4.78. The van der Waals surface area contributed by atoms with Crippen molar-refractivity contribution >= 4 is 17.2 Å². The van der Waals surface area contributed by atoms with Crippen molar-refractivity contribution in [1.82, 2.24) is 0 Å². The summed E-state index contributed by atoms with van der Waals surface area (Å²) in [6.07, 6.45) is 0. The molecular formula is CH4N2OS. The molecule has 0 saturated heterocycles. The maximum Gasteiger partial charge on any atom is 0.178 e. The molecule has 0 radical (unpaired) electrons. The minimum atomic E-state index is -0.273. The molecule has 0 fully saturated rings. The van der Waals surface area contributed by atoms with Gasteiger partial charge < -0.3 is 10.3 Å². The van der Waals surface area contributed by atoms with Crippen molar-refractivity contribution in [3.05, 3.63) is 0 Å². The van der Waals surface area contributed by atoms with Gasteiger partial charge in [-0.05, 0) is 0 Å². The van der Waals surface area contributed by atoms with E-state index in [1.807, 2.05) is 0 Å². The third kappa shape index (κ3) is 3.78. The zero-order chi connectivity index (χ0) is 4.28. The number of amidine groups is 1. The Kier molecular flexibility index (Phi) is 1.95. The second-order valence-corrected chi connectivity index (χ2v) is 1.08. The number of nitrogens with one attached hydrogen (secondary N) is 1. The summed E-state index contributed by atoms with van der Waals surface area (Å²) in [5.41, 5.74) is 4.59.